The molecule has 3 N–H and O–H groups in total. The molecule has 0 aromatic heterocycles. The van der Waals surface area contributed by atoms with E-state index in [2.05, 4.69) is 29.0 Å². The van der Waals surface area contributed by atoms with Gasteiger partial charge in [-0.05, 0) is 83.0 Å². The van der Waals surface area contributed by atoms with Crippen molar-refractivity contribution in [3.05, 3.63) is 160 Å². The number of carboxylic acids is 1. The van der Waals surface area contributed by atoms with E-state index in [0.29, 0.717) is 22.0 Å². The van der Waals surface area contributed by atoms with Crippen LogP contribution >= 0.6 is 23.2 Å². The van der Waals surface area contributed by atoms with E-state index >= 15 is 0 Å². The van der Waals surface area contributed by atoms with E-state index in [1.807, 2.05) is 66.8 Å². The molecule has 7 heteroatoms. The Morgan fingerprint density at radius 1 is 0.707 bits per heavy atom. The van der Waals surface area contributed by atoms with Gasteiger partial charge in [-0.25, -0.2) is 9.79 Å². The van der Waals surface area contributed by atoms with E-state index in [9.17, 15) is 15.0 Å². The second kappa shape index (κ2) is 12.1. The molecule has 5 nitrogen and oxygen atoms in total. The highest BCUT2D eigenvalue weighted by molar-refractivity contribution is 6.33. The number of nitrogens with zero attached hydrogens (tertiary/aromatic N) is 1. The number of aliphatic imine (C=N–C) groups is 1. The summed E-state index contributed by atoms with van der Waals surface area (Å²) in [6.45, 7) is 3.56. The van der Waals surface area contributed by atoms with Crippen LogP contribution in [0.1, 0.15) is 27.0 Å². The van der Waals surface area contributed by atoms with E-state index in [1.54, 1.807) is 30.3 Å². The van der Waals surface area contributed by atoms with Gasteiger partial charge >= 0.3 is 5.97 Å². The van der Waals surface area contributed by atoms with Crippen molar-refractivity contribution in [1.29, 1.82) is 0 Å². The molecular weight excluding hydrogens is 555 g/mol. The minimum atomic E-state index is -1.08. The fraction of sp³-hybridized carbons (Fsp3) is 0. The average Bonchev–Trinajstić information content (AvgIpc) is 2.97. The second-order valence-corrected chi connectivity index (χ2v) is 10.0. The lowest BCUT2D eigenvalue weighted by molar-refractivity contribution is 0.0697. The smallest absolute Gasteiger partial charge is 0.337 e. The number of benzene rings is 4. The van der Waals surface area contributed by atoms with Gasteiger partial charge in [-0.2, -0.15) is 0 Å². The summed E-state index contributed by atoms with van der Waals surface area (Å²) in [6, 6.07) is 28.0. The minimum Gasteiger partial charge on any atom is -0.508 e. The molecule has 0 atom stereocenters. The van der Waals surface area contributed by atoms with Gasteiger partial charge in [0.25, 0.3) is 0 Å². The predicted octanol–water partition coefficient (Wildman–Crippen LogP) is 9.66. The maximum atomic E-state index is 11.4. The van der Waals surface area contributed by atoms with E-state index in [1.165, 1.54) is 6.07 Å². The number of nitrogens with one attached hydrogen (secondary N) is 1. The van der Waals surface area contributed by atoms with Crippen LogP contribution in [0, 0.1) is 0 Å². The molecule has 0 spiro atoms. The largest absolute Gasteiger partial charge is 0.508 e. The van der Waals surface area contributed by atoms with Gasteiger partial charge in [0.15, 0.2) is 0 Å². The molecule has 0 heterocycles. The van der Waals surface area contributed by atoms with Gasteiger partial charge in [-0.15, -0.1) is 0 Å². The fourth-order valence-electron chi connectivity index (χ4n) is 4.41. The Kier molecular flexibility index (Phi) is 8.20. The SMILES string of the molecule is C=C(O)c1cc(N=C2C=CC(=C(c3ccccc3)c3ccc(Nc4ccc(Cl)c(C(=O)O)c4)cc3)C=C2)ccc1Cl. The Labute approximate surface area is 247 Å². The van der Waals surface area contributed by atoms with Gasteiger partial charge in [0, 0.05) is 16.9 Å². The molecule has 4 aromatic carbocycles. The number of carboxylic acid groups (broad SMARTS) is 1. The molecule has 0 aliphatic heterocycles. The Hall–Kier alpha value is -4.84. The molecule has 1 aliphatic carbocycles. The first kappa shape index (κ1) is 27.7. The maximum absolute atomic E-state index is 11.4. The van der Waals surface area contributed by atoms with E-state index in [0.717, 1.165) is 33.7 Å². The van der Waals surface area contributed by atoms with Gasteiger partial charge < -0.3 is 15.5 Å². The third-order valence-corrected chi connectivity index (χ3v) is 7.06. The predicted molar refractivity (Wildman–Crippen MR) is 169 cm³/mol. The van der Waals surface area contributed by atoms with Crippen LogP contribution in [-0.4, -0.2) is 21.9 Å². The van der Waals surface area contributed by atoms with Crippen molar-refractivity contribution >= 4 is 63.3 Å². The summed E-state index contributed by atoms with van der Waals surface area (Å²) >= 11 is 12.1. The summed E-state index contributed by atoms with van der Waals surface area (Å²) in [5, 5.41) is 23.0. The zero-order chi connectivity index (χ0) is 28.9. The third-order valence-electron chi connectivity index (χ3n) is 6.40. The summed E-state index contributed by atoms with van der Waals surface area (Å²) in [7, 11) is 0. The molecule has 41 heavy (non-hydrogen) atoms. The maximum Gasteiger partial charge on any atom is 0.337 e. The van der Waals surface area contributed by atoms with E-state index < -0.39 is 5.97 Å². The summed E-state index contributed by atoms with van der Waals surface area (Å²) in [6.07, 6.45) is 7.93. The Balaban J connectivity index is 1.45. The van der Waals surface area contributed by atoms with Crippen molar-refractivity contribution in [2.45, 2.75) is 0 Å². The number of anilines is 2. The zero-order valence-electron chi connectivity index (χ0n) is 21.7. The summed E-state index contributed by atoms with van der Waals surface area (Å²) in [5.41, 5.74) is 7.46. The van der Waals surface area contributed by atoms with Crippen LogP contribution in [-0.2, 0) is 0 Å². The van der Waals surface area contributed by atoms with Crippen LogP contribution in [0.25, 0.3) is 11.3 Å². The molecule has 0 radical (unpaired) electrons. The van der Waals surface area contributed by atoms with Gasteiger partial charge in [-0.3, -0.25) is 0 Å². The highest BCUT2D eigenvalue weighted by Crippen LogP contribution is 2.32. The topological polar surface area (TPSA) is 81.9 Å². The molecule has 0 saturated carbocycles. The minimum absolute atomic E-state index is 0.0403. The third kappa shape index (κ3) is 6.49. The average molecular weight is 579 g/mol. The summed E-state index contributed by atoms with van der Waals surface area (Å²) in [4.78, 5) is 16.1. The standard InChI is InChI=1S/C34H24Cl2N2O3/c1-21(39)29-19-27(15-17-31(29)35)37-25-11-7-23(8-12-25)33(22-5-3-2-4-6-22)24-9-13-26(14-10-24)38-28-16-18-32(36)30(20-28)34(40)41/h2-20,38-39H,1H2,(H,40,41). The first-order chi connectivity index (χ1) is 19.8. The van der Waals surface area contributed by atoms with Gasteiger partial charge in [0.1, 0.15) is 5.76 Å². The van der Waals surface area contributed by atoms with Crippen molar-refractivity contribution in [3.63, 3.8) is 0 Å². The Morgan fingerprint density at radius 2 is 1.32 bits per heavy atom. The molecule has 1 aliphatic rings. The Bertz CT molecular complexity index is 1750. The molecule has 0 bridgehead atoms. The lowest BCUT2D eigenvalue weighted by Crippen LogP contribution is -2.00. The molecule has 5 rings (SSSR count). The first-order valence-electron chi connectivity index (χ1n) is 12.6. The van der Waals surface area contributed by atoms with Crippen molar-refractivity contribution in [2.75, 3.05) is 5.32 Å². The van der Waals surface area contributed by atoms with Crippen LogP contribution < -0.4 is 5.32 Å². The lowest BCUT2D eigenvalue weighted by Gasteiger charge is -2.15. The van der Waals surface area contributed by atoms with Crippen molar-refractivity contribution in [3.8, 4) is 0 Å². The van der Waals surface area contributed by atoms with Crippen molar-refractivity contribution in [2.24, 2.45) is 4.99 Å². The lowest BCUT2D eigenvalue weighted by atomic mass is 9.91. The molecule has 0 saturated heterocycles. The van der Waals surface area contributed by atoms with E-state index in [-0.39, 0.29) is 16.3 Å². The first-order valence-corrected chi connectivity index (χ1v) is 13.4. The van der Waals surface area contributed by atoms with Crippen LogP contribution in [0.5, 0.6) is 0 Å². The zero-order valence-corrected chi connectivity index (χ0v) is 23.2. The number of aliphatic hydroxyl groups is 1. The fourth-order valence-corrected chi connectivity index (χ4v) is 4.84. The van der Waals surface area contributed by atoms with Crippen LogP contribution in [0.15, 0.2) is 132 Å². The molecule has 0 fully saturated rings. The molecular formula is C34H24Cl2N2O3. The molecule has 0 unspecified atom stereocenters. The number of aliphatic hydroxyl groups excluding tert-OH is 1. The number of hydrogen-bond acceptors (Lipinski definition) is 4. The molecule has 4 aromatic rings. The normalized spacial score (nSPS) is 12.2. The van der Waals surface area contributed by atoms with Crippen LogP contribution in [0.2, 0.25) is 10.0 Å². The number of hydrogen-bond donors (Lipinski definition) is 3. The van der Waals surface area contributed by atoms with Crippen molar-refractivity contribution in [1.82, 2.24) is 0 Å². The molecule has 202 valence electrons. The number of halogens is 2. The number of aromatic carboxylic acids is 1. The van der Waals surface area contributed by atoms with E-state index in [4.69, 9.17) is 23.2 Å². The molecule has 0 amide bonds. The van der Waals surface area contributed by atoms with Crippen molar-refractivity contribution < 1.29 is 15.0 Å². The summed E-state index contributed by atoms with van der Waals surface area (Å²) in [5.74, 6) is -1.19. The van der Waals surface area contributed by atoms with Gasteiger partial charge in [0.2, 0.25) is 0 Å². The number of carbonyl (C=O) groups is 1. The monoisotopic (exact) mass is 578 g/mol. The Morgan fingerprint density at radius 3 is 1.98 bits per heavy atom. The van der Waals surface area contributed by atoms with Crippen LogP contribution in [0.3, 0.4) is 0 Å². The van der Waals surface area contributed by atoms with Gasteiger partial charge in [-0.1, -0.05) is 84.4 Å². The second-order valence-electron chi connectivity index (χ2n) is 9.21. The summed E-state index contributed by atoms with van der Waals surface area (Å²) < 4.78 is 0. The highest BCUT2D eigenvalue weighted by Gasteiger charge is 2.13. The quantitative estimate of drug-likeness (QED) is 0.190. The number of rotatable bonds is 7. The van der Waals surface area contributed by atoms with Crippen LogP contribution in [0.4, 0.5) is 17.1 Å². The number of allylic oxidation sites excluding steroid dienone is 5. The highest BCUT2D eigenvalue weighted by atomic mass is 35.5. The van der Waals surface area contributed by atoms with Gasteiger partial charge in [0.05, 0.1) is 27.0 Å².